The Hall–Kier alpha value is -3.53. The summed E-state index contributed by atoms with van der Waals surface area (Å²) in [5.74, 6) is -0.195. The van der Waals surface area contributed by atoms with Crippen molar-refractivity contribution in [2.75, 3.05) is 34.5 Å². The average Bonchev–Trinajstić information content (AvgIpc) is 3.28. The Morgan fingerprint density at radius 2 is 1.77 bits per heavy atom. The molecule has 9 nitrogen and oxygen atoms in total. The number of carbonyl (C=O) groups is 3. The Labute approximate surface area is 183 Å². The first-order chi connectivity index (χ1) is 15.0. The minimum Gasteiger partial charge on any atom is -0.493 e. The number of esters is 1. The van der Waals surface area contributed by atoms with E-state index in [4.69, 9.17) is 18.9 Å². The molecule has 0 radical (unpaired) electrons. The third-order valence-corrected chi connectivity index (χ3v) is 4.87. The van der Waals surface area contributed by atoms with Gasteiger partial charge >= 0.3 is 12.0 Å². The molecule has 31 heavy (non-hydrogen) atoms. The zero-order chi connectivity index (χ0) is 22.6. The highest BCUT2D eigenvalue weighted by molar-refractivity contribution is 7.09. The van der Waals surface area contributed by atoms with Crippen LogP contribution in [0.4, 0.5) is 4.79 Å². The molecule has 0 fully saturated rings. The van der Waals surface area contributed by atoms with Gasteiger partial charge in [0.15, 0.2) is 18.1 Å². The predicted octanol–water partition coefficient (Wildman–Crippen LogP) is 2.40. The van der Waals surface area contributed by atoms with Crippen molar-refractivity contribution in [2.24, 2.45) is 0 Å². The van der Waals surface area contributed by atoms with E-state index in [2.05, 4.69) is 10.6 Å². The van der Waals surface area contributed by atoms with Crippen molar-refractivity contribution in [3.8, 4) is 17.2 Å². The fourth-order valence-corrected chi connectivity index (χ4v) is 3.22. The van der Waals surface area contributed by atoms with Crippen molar-refractivity contribution in [3.63, 3.8) is 0 Å². The first-order valence-electron chi connectivity index (χ1n) is 9.21. The topological polar surface area (TPSA) is 112 Å². The molecule has 0 spiro atoms. The molecule has 0 atom stereocenters. The van der Waals surface area contributed by atoms with E-state index in [0.717, 1.165) is 11.0 Å². The summed E-state index contributed by atoms with van der Waals surface area (Å²) in [6, 6.07) is 6.54. The van der Waals surface area contributed by atoms with Crippen molar-refractivity contribution in [1.29, 1.82) is 0 Å². The summed E-state index contributed by atoms with van der Waals surface area (Å²) in [4.78, 5) is 36.4. The van der Waals surface area contributed by atoms with Crippen LogP contribution in [0.15, 0.2) is 35.7 Å². The first kappa shape index (κ1) is 23.7. The molecule has 2 aromatic rings. The Bertz CT molecular complexity index is 901. The highest BCUT2D eigenvalue weighted by atomic mass is 32.1. The van der Waals surface area contributed by atoms with Crippen molar-refractivity contribution >= 4 is 35.3 Å². The van der Waals surface area contributed by atoms with Gasteiger partial charge in [-0.15, -0.1) is 11.3 Å². The average molecular weight is 448 g/mol. The molecule has 1 heterocycles. The molecule has 0 unspecified atom stereocenters. The van der Waals surface area contributed by atoms with E-state index in [9.17, 15) is 14.4 Å². The van der Waals surface area contributed by atoms with Crippen molar-refractivity contribution in [1.82, 2.24) is 10.6 Å². The molecule has 1 aromatic heterocycles. The number of hydrogen-bond acceptors (Lipinski definition) is 8. The van der Waals surface area contributed by atoms with Gasteiger partial charge in [0.1, 0.15) is 0 Å². The number of methoxy groups -OCH3 is 3. The van der Waals surface area contributed by atoms with Gasteiger partial charge in [0.05, 0.1) is 21.3 Å². The lowest BCUT2D eigenvalue weighted by Gasteiger charge is -2.12. The SMILES string of the molecule is COc1cc(/C=C/C(=O)OCC(=O)NC(=O)NCCc2cccs2)cc(OC)c1OC. The van der Waals surface area contributed by atoms with E-state index in [1.807, 2.05) is 17.5 Å². The monoisotopic (exact) mass is 448 g/mol. The summed E-state index contributed by atoms with van der Waals surface area (Å²) < 4.78 is 20.6. The maximum Gasteiger partial charge on any atom is 0.331 e. The lowest BCUT2D eigenvalue weighted by Crippen LogP contribution is -2.42. The molecule has 10 heteroatoms. The van der Waals surface area contributed by atoms with E-state index < -0.39 is 24.5 Å². The van der Waals surface area contributed by atoms with Crippen molar-refractivity contribution < 1.29 is 33.3 Å². The standard InChI is InChI=1S/C21H24N2O7S/c1-27-16-11-14(12-17(28-2)20(16)29-3)6-7-19(25)30-13-18(24)23-21(26)22-9-8-15-5-4-10-31-15/h4-7,10-12H,8-9,13H2,1-3H3,(H2,22,23,24,26)/b7-6+. The van der Waals surface area contributed by atoms with Gasteiger partial charge in [0.2, 0.25) is 5.75 Å². The number of imide groups is 1. The lowest BCUT2D eigenvalue weighted by molar-refractivity contribution is -0.143. The highest BCUT2D eigenvalue weighted by Crippen LogP contribution is 2.38. The Balaban J connectivity index is 1.78. The maximum absolute atomic E-state index is 11.9. The van der Waals surface area contributed by atoms with Crippen LogP contribution < -0.4 is 24.8 Å². The van der Waals surface area contributed by atoms with Crippen LogP contribution in [0.3, 0.4) is 0 Å². The number of rotatable bonds is 10. The molecule has 0 bridgehead atoms. The van der Waals surface area contributed by atoms with Crippen molar-refractivity contribution in [2.45, 2.75) is 6.42 Å². The number of thiophene rings is 1. The molecule has 0 saturated heterocycles. The molecule has 2 N–H and O–H groups in total. The fourth-order valence-electron chi connectivity index (χ4n) is 2.51. The van der Waals surface area contributed by atoms with Crippen LogP contribution in [-0.2, 0) is 20.7 Å². The number of ether oxygens (including phenoxy) is 4. The van der Waals surface area contributed by atoms with Gasteiger partial charge in [-0.25, -0.2) is 9.59 Å². The van der Waals surface area contributed by atoms with E-state index in [1.54, 1.807) is 23.5 Å². The van der Waals surface area contributed by atoms with Gasteiger partial charge < -0.3 is 24.3 Å². The van der Waals surface area contributed by atoms with Gasteiger partial charge in [-0.2, -0.15) is 0 Å². The van der Waals surface area contributed by atoms with Crippen molar-refractivity contribution in [3.05, 3.63) is 46.2 Å². The molecule has 0 saturated carbocycles. The van der Waals surface area contributed by atoms with Crippen LogP contribution >= 0.6 is 11.3 Å². The normalized spacial score (nSPS) is 10.4. The second kappa shape index (κ2) is 12.2. The lowest BCUT2D eigenvalue weighted by atomic mass is 10.1. The number of hydrogen-bond donors (Lipinski definition) is 2. The van der Waals surface area contributed by atoms with Gasteiger partial charge in [-0.05, 0) is 41.6 Å². The van der Waals surface area contributed by atoms with Crippen LogP contribution in [0.2, 0.25) is 0 Å². The summed E-state index contributed by atoms with van der Waals surface area (Å²) >= 11 is 1.59. The van der Waals surface area contributed by atoms with E-state index in [1.165, 1.54) is 27.4 Å². The van der Waals surface area contributed by atoms with Crippen LogP contribution in [0.25, 0.3) is 6.08 Å². The van der Waals surface area contributed by atoms with Crippen LogP contribution in [-0.4, -0.2) is 52.4 Å². The number of benzene rings is 1. The molecular formula is C21H24N2O7S. The third kappa shape index (κ3) is 7.67. The zero-order valence-corrected chi connectivity index (χ0v) is 18.2. The third-order valence-electron chi connectivity index (χ3n) is 3.93. The summed E-state index contributed by atoms with van der Waals surface area (Å²) in [6.45, 7) is -0.201. The largest absolute Gasteiger partial charge is 0.493 e. The molecule has 3 amide bonds. The first-order valence-corrected chi connectivity index (χ1v) is 10.1. The summed E-state index contributed by atoms with van der Waals surface area (Å²) in [7, 11) is 4.45. The number of nitrogens with one attached hydrogen (secondary N) is 2. The smallest absolute Gasteiger partial charge is 0.331 e. The summed E-state index contributed by atoms with van der Waals surface area (Å²) in [5, 5.41) is 6.61. The van der Waals surface area contributed by atoms with Crippen LogP contribution in [0.1, 0.15) is 10.4 Å². The molecule has 0 aliphatic rings. The number of amides is 3. The number of urea groups is 1. The molecule has 0 aliphatic heterocycles. The minimum atomic E-state index is -0.748. The Kier molecular flexibility index (Phi) is 9.37. The molecule has 2 rings (SSSR count). The van der Waals surface area contributed by atoms with E-state index >= 15 is 0 Å². The molecule has 166 valence electrons. The second-order valence-corrected chi connectivity index (χ2v) is 7.07. The quantitative estimate of drug-likeness (QED) is 0.424. The molecule has 1 aromatic carbocycles. The Morgan fingerprint density at radius 1 is 1.06 bits per heavy atom. The van der Waals surface area contributed by atoms with Gasteiger partial charge in [0, 0.05) is 17.5 Å². The summed E-state index contributed by atoms with van der Waals surface area (Å²) in [6.07, 6.45) is 3.29. The number of carbonyl (C=O) groups excluding carboxylic acids is 3. The van der Waals surface area contributed by atoms with Gasteiger partial charge in [-0.1, -0.05) is 6.07 Å². The van der Waals surface area contributed by atoms with E-state index in [-0.39, 0.29) is 0 Å². The van der Waals surface area contributed by atoms with Crippen LogP contribution in [0.5, 0.6) is 17.2 Å². The molecular weight excluding hydrogens is 424 g/mol. The van der Waals surface area contributed by atoms with Crippen LogP contribution in [0, 0.1) is 0 Å². The fraction of sp³-hybridized carbons (Fsp3) is 0.286. The maximum atomic E-state index is 11.9. The predicted molar refractivity (Wildman–Crippen MR) is 116 cm³/mol. The van der Waals surface area contributed by atoms with Gasteiger partial charge in [-0.3, -0.25) is 10.1 Å². The van der Waals surface area contributed by atoms with Gasteiger partial charge in [0.25, 0.3) is 5.91 Å². The Morgan fingerprint density at radius 3 is 2.35 bits per heavy atom. The second-order valence-electron chi connectivity index (χ2n) is 6.03. The minimum absolute atomic E-state index is 0.386. The summed E-state index contributed by atoms with van der Waals surface area (Å²) in [5.41, 5.74) is 0.598. The zero-order valence-electron chi connectivity index (χ0n) is 17.4. The highest BCUT2D eigenvalue weighted by Gasteiger charge is 2.13. The molecule has 0 aliphatic carbocycles. The van der Waals surface area contributed by atoms with E-state index in [0.29, 0.717) is 35.8 Å².